The van der Waals surface area contributed by atoms with Crippen LogP contribution in [0.15, 0.2) is 54.6 Å². The highest BCUT2D eigenvalue weighted by Gasteiger charge is 2.17. The highest BCUT2D eigenvalue weighted by atomic mass is 16.6. The quantitative estimate of drug-likeness (QED) is 0.190. The lowest BCUT2D eigenvalue weighted by Gasteiger charge is -2.10. The molecule has 0 unspecified atom stereocenters. The molecule has 2 rings (SSSR count). The molecule has 0 atom stereocenters. The van der Waals surface area contributed by atoms with Crippen LogP contribution in [0.3, 0.4) is 0 Å². The number of benzene rings is 2. The Balaban J connectivity index is 1.97. The minimum absolute atomic E-state index is 0.0604. The van der Waals surface area contributed by atoms with Crippen LogP contribution in [0, 0.1) is 20.2 Å². The van der Waals surface area contributed by atoms with E-state index in [4.69, 9.17) is 9.39 Å². The first kappa shape index (κ1) is 23.0. The Morgan fingerprint density at radius 1 is 1.03 bits per heavy atom. The van der Waals surface area contributed by atoms with Crippen molar-refractivity contribution in [3.63, 3.8) is 0 Å². The Kier molecular flexibility index (Phi) is 8.22. The van der Waals surface area contributed by atoms with E-state index in [1.807, 2.05) is 0 Å². The number of nitrogens with zero attached hydrogens (tertiary/aromatic N) is 2. The van der Waals surface area contributed by atoms with Gasteiger partial charge in [0.25, 0.3) is 11.4 Å². The third kappa shape index (κ3) is 7.25. The van der Waals surface area contributed by atoms with Crippen LogP contribution < -0.4 is 10.5 Å². The molecule has 160 valence electrons. The van der Waals surface area contributed by atoms with Crippen molar-refractivity contribution >= 4 is 42.2 Å². The minimum Gasteiger partial charge on any atom is -0.458 e. The summed E-state index contributed by atoms with van der Waals surface area (Å²) in [7, 11) is 1.74. The summed E-state index contributed by atoms with van der Waals surface area (Å²) < 4.78 is 9.81. The van der Waals surface area contributed by atoms with Crippen molar-refractivity contribution in [1.29, 1.82) is 0 Å². The molecule has 0 aromatic heterocycles. The summed E-state index contributed by atoms with van der Waals surface area (Å²) in [6, 6.07) is 9.77. The van der Waals surface area contributed by atoms with E-state index < -0.39 is 39.7 Å². The van der Waals surface area contributed by atoms with Gasteiger partial charge in [0, 0.05) is 42.6 Å². The van der Waals surface area contributed by atoms with E-state index >= 15 is 0 Å². The van der Waals surface area contributed by atoms with Crippen LogP contribution in [0.5, 0.6) is 0 Å². The van der Waals surface area contributed by atoms with Crippen molar-refractivity contribution in [2.45, 2.75) is 6.61 Å². The fourth-order valence-corrected chi connectivity index (χ4v) is 2.37. The van der Waals surface area contributed by atoms with Gasteiger partial charge in [0.2, 0.25) is 5.91 Å². The van der Waals surface area contributed by atoms with Gasteiger partial charge in [-0.25, -0.2) is 4.79 Å². The average molecular weight is 428 g/mol. The van der Waals surface area contributed by atoms with Gasteiger partial charge in [0.05, 0.1) is 21.6 Å². The zero-order valence-electron chi connectivity index (χ0n) is 16.3. The summed E-state index contributed by atoms with van der Waals surface area (Å²) in [5, 5.41) is 27.3. The topological polar surface area (TPSA) is 163 Å². The second kappa shape index (κ2) is 11.1. The van der Waals surface area contributed by atoms with E-state index in [2.05, 4.69) is 10.5 Å². The summed E-state index contributed by atoms with van der Waals surface area (Å²) >= 11 is 0. The molecule has 2 aromatic rings. The molecule has 2 N–H and O–H groups in total. The standard InChI is InChI=1S/C18H17BN4O8/c1-30-19-21-16-5-3-2-4-15(16)20-17(24)6-7-18(25)31-11-12-8-13(22(26)27)10-14(9-12)23(28)29/h2-10,19,21H,11H2,1H3,(H,20,24)/b7-6-. The Hall–Kier alpha value is -4.26. The largest absolute Gasteiger partial charge is 0.458 e. The smallest absolute Gasteiger partial charge is 0.393 e. The number of para-hydroxylation sites is 2. The lowest BCUT2D eigenvalue weighted by molar-refractivity contribution is -0.394. The van der Waals surface area contributed by atoms with E-state index in [0.29, 0.717) is 11.4 Å². The molecule has 12 nitrogen and oxygen atoms in total. The predicted octanol–water partition coefficient (Wildman–Crippen LogP) is 2.07. The maximum absolute atomic E-state index is 12.0. The highest BCUT2D eigenvalue weighted by Crippen LogP contribution is 2.23. The van der Waals surface area contributed by atoms with Gasteiger partial charge in [0.15, 0.2) is 0 Å². The van der Waals surface area contributed by atoms with Gasteiger partial charge in [-0.05, 0) is 12.1 Å². The summed E-state index contributed by atoms with van der Waals surface area (Å²) in [6.45, 7) is -0.447. The zero-order chi connectivity index (χ0) is 22.8. The number of nitrogens with one attached hydrogen (secondary N) is 2. The monoisotopic (exact) mass is 428 g/mol. The van der Waals surface area contributed by atoms with E-state index in [9.17, 15) is 29.8 Å². The molecule has 13 heteroatoms. The van der Waals surface area contributed by atoms with Crippen LogP contribution in [0.4, 0.5) is 22.7 Å². The fraction of sp³-hybridized carbons (Fsp3) is 0.111. The number of non-ortho nitro benzene ring substituents is 2. The molecule has 0 aliphatic heterocycles. The minimum atomic E-state index is -0.907. The van der Waals surface area contributed by atoms with Gasteiger partial charge in [-0.15, -0.1) is 0 Å². The summed E-state index contributed by atoms with van der Waals surface area (Å²) in [5.41, 5.74) is 0.129. The number of carbonyl (C=O) groups is 2. The van der Waals surface area contributed by atoms with Gasteiger partial charge >= 0.3 is 13.6 Å². The van der Waals surface area contributed by atoms with Crippen LogP contribution in [-0.2, 0) is 25.6 Å². The molecule has 2 aromatic carbocycles. The van der Waals surface area contributed by atoms with Crippen molar-refractivity contribution in [3.05, 3.63) is 80.4 Å². The Morgan fingerprint density at radius 2 is 1.65 bits per heavy atom. The van der Waals surface area contributed by atoms with E-state index in [0.717, 1.165) is 30.4 Å². The van der Waals surface area contributed by atoms with Crippen molar-refractivity contribution in [2.75, 3.05) is 17.7 Å². The van der Waals surface area contributed by atoms with E-state index in [1.165, 1.54) is 7.11 Å². The SMILES string of the molecule is COBNc1ccccc1NC(=O)/C=C\C(=O)OCc1cc([N+](=O)[O-])cc([N+](=O)[O-])c1. The third-order valence-electron chi connectivity index (χ3n) is 3.73. The first-order valence-electron chi connectivity index (χ1n) is 8.70. The molecule has 0 heterocycles. The van der Waals surface area contributed by atoms with Gasteiger partial charge in [-0.3, -0.25) is 25.0 Å². The first-order valence-corrected chi connectivity index (χ1v) is 8.70. The number of hydrogen-bond donors (Lipinski definition) is 2. The molecule has 1 amide bonds. The van der Waals surface area contributed by atoms with Crippen molar-refractivity contribution in [3.8, 4) is 0 Å². The number of rotatable bonds is 10. The molecule has 0 spiro atoms. The number of anilines is 2. The van der Waals surface area contributed by atoms with Crippen molar-refractivity contribution < 1.29 is 28.8 Å². The number of ether oxygens (including phenoxy) is 1. The molecular weight excluding hydrogens is 411 g/mol. The molecule has 0 aliphatic rings. The van der Waals surface area contributed by atoms with Gasteiger partial charge in [-0.1, -0.05) is 12.1 Å². The zero-order valence-corrected chi connectivity index (χ0v) is 16.3. The number of carbonyl (C=O) groups excluding carboxylic acids is 2. The third-order valence-corrected chi connectivity index (χ3v) is 3.73. The summed E-state index contributed by atoms with van der Waals surface area (Å²) in [5.74, 6) is -1.51. The van der Waals surface area contributed by atoms with Crippen molar-refractivity contribution in [1.82, 2.24) is 0 Å². The van der Waals surface area contributed by atoms with Crippen LogP contribution in [-0.4, -0.2) is 36.5 Å². The number of hydrogen-bond acceptors (Lipinski definition) is 9. The molecular formula is C18H17BN4O8. The lowest BCUT2D eigenvalue weighted by Crippen LogP contribution is -2.14. The average Bonchev–Trinajstić information content (AvgIpc) is 2.75. The van der Waals surface area contributed by atoms with Crippen molar-refractivity contribution in [2.24, 2.45) is 0 Å². The molecule has 0 bridgehead atoms. The Bertz CT molecular complexity index is 995. The first-order chi connectivity index (χ1) is 14.8. The Morgan fingerprint density at radius 3 is 2.23 bits per heavy atom. The molecule has 0 radical (unpaired) electrons. The maximum atomic E-state index is 12.0. The van der Waals surface area contributed by atoms with Gasteiger partial charge in [-0.2, -0.15) is 0 Å². The fourth-order valence-electron chi connectivity index (χ4n) is 2.37. The van der Waals surface area contributed by atoms with Gasteiger partial charge < -0.3 is 19.9 Å². The van der Waals surface area contributed by atoms with Crippen LogP contribution in [0.2, 0.25) is 0 Å². The summed E-state index contributed by atoms with van der Waals surface area (Å²) in [6.07, 6.45) is 1.82. The molecule has 31 heavy (non-hydrogen) atoms. The number of nitro benzene ring substituents is 2. The summed E-state index contributed by atoms with van der Waals surface area (Å²) in [4.78, 5) is 44.1. The molecule has 0 saturated carbocycles. The van der Waals surface area contributed by atoms with Crippen LogP contribution >= 0.6 is 0 Å². The number of esters is 1. The molecule has 0 aliphatic carbocycles. The predicted molar refractivity (Wildman–Crippen MR) is 112 cm³/mol. The maximum Gasteiger partial charge on any atom is 0.393 e. The highest BCUT2D eigenvalue weighted by molar-refractivity contribution is 6.33. The van der Waals surface area contributed by atoms with E-state index in [-0.39, 0.29) is 13.2 Å². The molecule has 0 saturated heterocycles. The van der Waals surface area contributed by atoms with Gasteiger partial charge in [0.1, 0.15) is 6.61 Å². The molecule has 0 fully saturated rings. The number of nitro groups is 2. The Labute approximate surface area is 176 Å². The van der Waals surface area contributed by atoms with Crippen LogP contribution in [0.25, 0.3) is 0 Å². The lowest BCUT2D eigenvalue weighted by atomic mass is 10.2. The van der Waals surface area contributed by atoms with E-state index in [1.54, 1.807) is 24.3 Å². The van der Waals surface area contributed by atoms with Crippen LogP contribution in [0.1, 0.15) is 5.56 Å². The number of amides is 1. The normalized spacial score (nSPS) is 10.4. The second-order valence-corrected chi connectivity index (χ2v) is 5.96. The second-order valence-electron chi connectivity index (χ2n) is 5.96.